The van der Waals surface area contributed by atoms with Crippen molar-refractivity contribution >= 4 is 46.2 Å². The summed E-state index contributed by atoms with van der Waals surface area (Å²) in [6.07, 6.45) is 12.9. The van der Waals surface area contributed by atoms with Crippen LogP contribution in [0.1, 0.15) is 29.2 Å². The first kappa shape index (κ1) is 22.4. The molecule has 1 aliphatic heterocycles. The lowest BCUT2D eigenvalue weighted by molar-refractivity contribution is 0.102. The number of nitrogens with one attached hydrogen (secondary N) is 1. The third-order valence-corrected chi connectivity index (χ3v) is 6.34. The van der Waals surface area contributed by atoms with Crippen LogP contribution in [0.25, 0.3) is 22.0 Å². The number of piperidine rings is 1. The van der Waals surface area contributed by atoms with Gasteiger partial charge in [0.1, 0.15) is 29.4 Å². The van der Waals surface area contributed by atoms with E-state index in [1.54, 1.807) is 12.4 Å². The number of nitrogens with zero attached hydrogens (tertiary/aromatic N) is 7. The summed E-state index contributed by atoms with van der Waals surface area (Å²) in [5.74, 6) is 0.260. The first-order valence-corrected chi connectivity index (χ1v) is 11.6. The minimum Gasteiger partial charge on any atom is -0.306 e. The number of carbonyl (C=O) groups excluding carboxylic acids is 1. The summed E-state index contributed by atoms with van der Waals surface area (Å²) in [6.45, 7) is 2.08. The third kappa shape index (κ3) is 4.63. The van der Waals surface area contributed by atoms with Gasteiger partial charge in [-0.25, -0.2) is 4.98 Å². The Hall–Kier alpha value is -3.40. The highest BCUT2D eigenvalue weighted by molar-refractivity contribution is 6.56. The molecule has 0 aliphatic carbocycles. The van der Waals surface area contributed by atoms with E-state index in [2.05, 4.69) is 61.0 Å². The van der Waals surface area contributed by atoms with Crippen LogP contribution in [0.2, 0.25) is 0 Å². The summed E-state index contributed by atoms with van der Waals surface area (Å²) in [5.41, 5.74) is 3.25. The van der Waals surface area contributed by atoms with Crippen LogP contribution >= 0.6 is 0 Å². The van der Waals surface area contributed by atoms with Crippen LogP contribution in [0.4, 0.5) is 5.82 Å². The van der Waals surface area contributed by atoms with Gasteiger partial charge in [-0.15, -0.1) is 0 Å². The standard InChI is InChI=1S/C22H27B3N8O/c1-31-4-2-18(3-5-31)32-12-17(10-28-32)21(34)30-20-7-14-6-15(8-26-19(14)11-27-20)16-9-29-33(13-16)22(23,24)25/h6-13,18H,2-5,23-25H2,1H3,(H,27,30,34). The van der Waals surface area contributed by atoms with Gasteiger partial charge in [-0.3, -0.25) is 19.1 Å². The fourth-order valence-corrected chi connectivity index (χ4v) is 4.20. The predicted octanol–water partition coefficient (Wildman–Crippen LogP) is -0.324. The number of fused-ring (bicyclic) bond motifs is 1. The van der Waals surface area contributed by atoms with Gasteiger partial charge in [0.05, 0.1) is 35.7 Å². The Morgan fingerprint density at radius 3 is 2.53 bits per heavy atom. The van der Waals surface area contributed by atoms with Crippen molar-refractivity contribution in [1.29, 1.82) is 0 Å². The Morgan fingerprint density at radius 2 is 1.79 bits per heavy atom. The topological polar surface area (TPSA) is 93.8 Å². The molecule has 0 saturated carbocycles. The van der Waals surface area contributed by atoms with Crippen molar-refractivity contribution in [2.24, 2.45) is 0 Å². The zero-order valence-corrected chi connectivity index (χ0v) is 20.1. The molecule has 0 unspecified atom stereocenters. The van der Waals surface area contributed by atoms with E-state index in [0.29, 0.717) is 17.4 Å². The molecule has 0 radical (unpaired) electrons. The maximum atomic E-state index is 12.8. The summed E-state index contributed by atoms with van der Waals surface area (Å²) in [4.78, 5) is 24.1. The lowest BCUT2D eigenvalue weighted by Crippen LogP contribution is -2.35. The van der Waals surface area contributed by atoms with E-state index in [4.69, 9.17) is 0 Å². The molecule has 4 aromatic rings. The van der Waals surface area contributed by atoms with Crippen LogP contribution in [-0.4, -0.2) is 84.0 Å². The Kier molecular flexibility index (Phi) is 5.77. The number of carbonyl (C=O) groups is 1. The number of rotatable bonds is 5. The third-order valence-electron chi connectivity index (χ3n) is 6.34. The average Bonchev–Trinajstić information content (AvgIpc) is 3.49. The van der Waals surface area contributed by atoms with Crippen molar-refractivity contribution in [3.05, 3.63) is 54.9 Å². The number of amides is 1. The molecule has 1 saturated heterocycles. The van der Waals surface area contributed by atoms with Gasteiger partial charge in [-0.1, -0.05) is 0 Å². The SMILES string of the molecule is BC(B)(B)n1cc(-c2cnc3cnc(NC(=O)c4cnn(C5CCN(C)CC5)c4)cc3c2)cn1. The molecular weight excluding hydrogens is 425 g/mol. The molecule has 5 rings (SSSR count). The Morgan fingerprint density at radius 1 is 1.00 bits per heavy atom. The second-order valence-corrected chi connectivity index (χ2v) is 10.0. The Balaban J connectivity index is 1.33. The Bertz CT molecular complexity index is 1340. The van der Waals surface area contributed by atoms with Gasteiger partial charge in [0, 0.05) is 35.1 Å². The van der Waals surface area contributed by atoms with Gasteiger partial charge < -0.3 is 10.2 Å². The van der Waals surface area contributed by atoms with E-state index < -0.39 is 0 Å². The fraction of sp³-hybridized carbons (Fsp3) is 0.318. The van der Waals surface area contributed by atoms with E-state index in [0.717, 1.165) is 48.0 Å². The highest BCUT2D eigenvalue weighted by Gasteiger charge is 2.20. The van der Waals surface area contributed by atoms with Crippen LogP contribution in [0.15, 0.2) is 49.3 Å². The normalized spacial score (nSPS) is 15.6. The van der Waals surface area contributed by atoms with Gasteiger partial charge in [0.2, 0.25) is 0 Å². The quantitative estimate of drug-likeness (QED) is 0.418. The highest BCUT2D eigenvalue weighted by Crippen LogP contribution is 2.25. The molecule has 0 atom stereocenters. The number of hydrogen-bond acceptors (Lipinski definition) is 6. The maximum absolute atomic E-state index is 12.8. The summed E-state index contributed by atoms with van der Waals surface area (Å²) in [7, 11) is 8.47. The van der Waals surface area contributed by atoms with Gasteiger partial charge >= 0.3 is 0 Å². The van der Waals surface area contributed by atoms with E-state index in [1.165, 1.54) is 0 Å². The first-order chi connectivity index (χ1) is 16.3. The molecule has 12 heteroatoms. The molecule has 34 heavy (non-hydrogen) atoms. The molecule has 1 fully saturated rings. The molecule has 170 valence electrons. The number of anilines is 1. The number of likely N-dealkylation sites (tertiary alicyclic amines) is 1. The van der Waals surface area contributed by atoms with Crippen molar-refractivity contribution in [3.8, 4) is 11.1 Å². The molecule has 4 aromatic heterocycles. The zero-order chi connectivity index (χ0) is 23.9. The molecular formula is C22H27B3N8O. The van der Waals surface area contributed by atoms with Gasteiger partial charge in [-0.05, 0) is 50.3 Å². The number of hydrogen-bond donors (Lipinski definition) is 1. The van der Waals surface area contributed by atoms with E-state index >= 15 is 0 Å². The van der Waals surface area contributed by atoms with Crippen molar-refractivity contribution in [2.45, 2.75) is 24.1 Å². The summed E-state index contributed by atoms with van der Waals surface area (Å²) < 4.78 is 3.86. The van der Waals surface area contributed by atoms with E-state index in [1.807, 2.05) is 46.3 Å². The number of aromatic nitrogens is 6. The van der Waals surface area contributed by atoms with Crippen LogP contribution in [0.3, 0.4) is 0 Å². The van der Waals surface area contributed by atoms with Crippen molar-refractivity contribution < 1.29 is 4.79 Å². The minimum absolute atomic E-state index is 0.0922. The van der Waals surface area contributed by atoms with Crippen molar-refractivity contribution in [3.63, 3.8) is 0 Å². The van der Waals surface area contributed by atoms with E-state index in [-0.39, 0.29) is 11.1 Å². The van der Waals surface area contributed by atoms with Crippen LogP contribution < -0.4 is 5.32 Å². The molecule has 9 nitrogen and oxygen atoms in total. The van der Waals surface area contributed by atoms with Crippen molar-refractivity contribution in [1.82, 2.24) is 34.4 Å². The first-order valence-electron chi connectivity index (χ1n) is 11.6. The Labute approximate surface area is 201 Å². The second kappa shape index (κ2) is 8.75. The van der Waals surface area contributed by atoms with Crippen LogP contribution in [0, 0.1) is 0 Å². The molecule has 0 aromatic carbocycles. The molecule has 5 heterocycles. The fourth-order valence-electron chi connectivity index (χ4n) is 4.20. The molecule has 0 spiro atoms. The molecule has 0 bridgehead atoms. The molecule has 1 amide bonds. The number of pyridine rings is 2. The highest BCUT2D eigenvalue weighted by atomic mass is 16.1. The van der Waals surface area contributed by atoms with E-state index in [9.17, 15) is 4.79 Å². The minimum atomic E-state index is -0.221. The van der Waals surface area contributed by atoms with Gasteiger partial charge in [0.15, 0.2) is 0 Å². The predicted molar refractivity (Wildman–Crippen MR) is 140 cm³/mol. The maximum Gasteiger partial charge on any atom is 0.260 e. The summed E-state index contributed by atoms with van der Waals surface area (Å²) >= 11 is 0. The average molecular weight is 452 g/mol. The van der Waals surface area contributed by atoms with Gasteiger partial charge in [0.25, 0.3) is 5.91 Å². The summed E-state index contributed by atoms with van der Waals surface area (Å²) in [5, 5.41) is 12.6. The van der Waals surface area contributed by atoms with Gasteiger partial charge in [-0.2, -0.15) is 10.2 Å². The summed E-state index contributed by atoms with van der Waals surface area (Å²) in [6, 6.07) is 4.23. The molecule has 1 aliphatic rings. The monoisotopic (exact) mass is 452 g/mol. The van der Waals surface area contributed by atoms with Crippen molar-refractivity contribution in [2.75, 3.05) is 25.5 Å². The largest absolute Gasteiger partial charge is 0.306 e. The second-order valence-electron chi connectivity index (χ2n) is 10.0. The smallest absolute Gasteiger partial charge is 0.260 e. The lowest BCUT2D eigenvalue weighted by atomic mass is 9.49. The van der Waals surface area contributed by atoms with Crippen LogP contribution in [0.5, 0.6) is 0 Å². The molecule has 1 N–H and O–H groups in total. The lowest BCUT2D eigenvalue weighted by Gasteiger charge is -2.28. The van der Waals surface area contributed by atoms with Crippen LogP contribution in [-0.2, 0) is 5.24 Å². The zero-order valence-electron chi connectivity index (χ0n) is 20.1.